The first kappa shape index (κ1) is 16.4. The van der Waals surface area contributed by atoms with E-state index in [0.29, 0.717) is 0 Å². The van der Waals surface area contributed by atoms with Gasteiger partial charge in [0.25, 0.3) is 0 Å². The molecule has 0 unspecified atom stereocenters. The van der Waals surface area contributed by atoms with Crippen LogP contribution in [0.4, 0.5) is 0 Å². The first-order valence-electron chi connectivity index (χ1n) is 1.23. The van der Waals surface area contributed by atoms with Crippen LogP contribution < -0.4 is 0 Å². The van der Waals surface area contributed by atoms with Gasteiger partial charge in [0.05, 0.1) is 5.09 Å². The molecule has 0 saturated carbocycles. The van der Waals surface area contributed by atoms with Crippen LogP contribution in [0.1, 0.15) is 0 Å². The Morgan fingerprint density at radius 3 is 1.30 bits per heavy atom. The zero-order chi connectivity index (χ0) is 8.08. The molecule has 56 valence electrons. The minimum atomic E-state index is -4.92. The quantitative estimate of drug-likeness (QED) is 0.156. The van der Waals surface area contributed by atoms with Gasteiger partial charge >= 0.3 is 23.1 Å². The Kier molecular flexibility index (Phi) is 11.4. The van der Waals surface area contributed by atoms with Crippen molar-refractivity contribution in [3.8, 4) is 0 Å². The first-order valence-corrected chi connectivity index (χ1v) is 2.60. The minimum Gasteiger partial charge on any atom is -0.726 e. The molecule has 0 rings (SSSR count). The molecule has 0 aliphatic rings. The summed E-state index contributed by atoms with van der Waals surface area (Å²) in [7, 11) is -4.92. The van der Waals surface area contributed by atoms with Crippen LogP contribution in [0.5, 0.6) is 0 Å². The van der Waals surface area contributed by atoms with Gasteiger partial charge in [-0.2, -0.15) is 0 Å². The Labute approximate surface area is 71.7 Å². The van der Waals surface area contributed by atoms with E-state index in [9.17, 15) is 0 Å². The van der Waals surface area contributed by atoms with E-state index in [4.69, 9.17) is 32.8 Å². The predicted molar refractivity (Wildman–Crippen MR) is 28.4 cm³/mol. The van der Waals surface area contributed by atoms with E-state index in [0.717, 1.165) is 0 Å². The van der Waals surface area contributed by atoms with Gasteiger partial charge in [0.15, 0.2) is 0 Å². The molecular weight excluding hydrogens is 182 g/mol. The molecule has 8 nitrogen and oxygen atoms in total. The largest absolute Gasteiger partial charge is 2.00 e. The van der Waals surface area contributed by atoms with Gasteiger partial charge < -0.3 is 19.9 Å². The van der Waals surface area contributed by atoms with Crippen LogP contribution >= 0.6 is 0 Å². The molecule has 0 aliphatic carbocycles. The second-order valence-corrected chi connectivity index (χ2v) is 1.51. The Balaban J connectivity index is -0.0000000910. The number of hydrogen-bond donors (Lipinski definition) is 1. The predicted octanol–water partition coefficient (Wildman–Crippen LogP) is -1.62. The van der Waals surface area contributed by atoms with Gasteiger partial charge in [0.2, 0.25) is 10.4 Å². The summed E-state index contributed by atoms with van der Waals surface area (Å²) in [5.41, 5.74) is 0. The average molecular weight is 183 g/mol. The summed E-state index contributed by atoms with van der Waals surface area (Å²) in [6.45, 7) is 0. The Hall–Kier alpha value is -0.164. The first-order chi connectivity index (χ1) is 3.73. The van der Waals surface area contributed by atoms with Gasteiger partial charge in [-0.1, -0.05) is 0 Å². The van der Waals surface area contributed by atoms with Crippen LogP contribution in [0.3, 0.4) is 0 Å². The zero-order valence-corrected chi connectivity index (χ0v) is 6.69. The van der Waals surface area contributed by atoms with Crippen LogP contribution in [0.25, 0.3) is 0 Å². The summed E-state index contributed by atoms with van der Waals surface area (Å²) in [5, 5.41) is 14.8. The second-order valence-electron chi connectivity index (χ2n) is 0.651. The third-order valence-corrected chi connectivity index (χ3v) is 0. The van der Waals surface area contributed by atoms with Crippen molar-refractivity contribution in [1.29, 1.82) is 0 Å². The Morgan fingerprint density at radius 2 is 1.30 bits per heavy atom. The van der Waals surface area contributed by atoms with E-state index in [-0.39, 0.29) is 23.1 Å². The summed E-state index contributed by atoms with van der Waals surface area (Å²) in [6.07, 6.45) is 0. The Bertz CT molecular complexity index is 156. The molecule has 0 fully saturated rings. The van der Waals surface area contributed by atoms with Crippen LogP contribution in [0.2, 0.25) is 0 Å². The standard InChI is InChI=1S/Mg.NO3.H2O4S/c;2-1(3)4;1-5(2,3)4/h;;(H2,1,2,3,4)/q+2;-1;/p-1. The number of hydrogen-bond acceptors (Lipinski definition) is 6. The van der Waals surface area contributed by atoms with Gasteiger partial charge in [0, 0.05) is 0 Å². The van der Waals surface area contributed by atoms with Gasteiger partial charge in [0.1, 0.15) is 0 Å². The SMILES string of the molecule is O=S(=O)([O-])O.O=[N+]([O-])[O-].[Mg+2]. The molecule has 0 radical (unpaired) electrons. The topological polar surface area (TPSA) is 144 Å². The maximum absolute atomic E-state index is 8.63. The van der Waals surface area contributed by atoms with E-state index in [1.807, 2.05) is 0 Å². The summed E-state index contributed by atoms with van der Waals surface area (Å²) in [5.74, 6) is 0. The van der Waals surface area contributed by atoms with Gasteiger partial charge in [-0.25, -0.2) is 8.42 Å². The molecule has 0 atom stereocenters. The monoisotopic (exact) mass is 183 g/mol. The van der Waals surface area contributed by atoms with Crippen molar-refractivity contribution in [1.82, 2.24) is 0 Å². The van der Waals surface area contributed by atoms with E-state index >= 15 is 0 Å². The van der Waals surface area contributed by atoms with Crippen molar-refractivity contribution >= 4 is 33.5 Å². The maximum atomic E-state index is 8.63. The molecule has 0 aliphatic heterocycles. The summed E-state index contributed by atoms with van der Waals surface area (Å²) in [6, 6.07) is 0. The van der Waals surface area contributed by atoms with Crippen molar-refractivity contribution in [2.75, 3.05) is 0 Å². The molecule has 1 N–H and O–H groups in total. The number of nitrogens with zero attached hydrogens (tertiary/aromatic N) is 1. The third kappa shape index (κ3) is 13700. The van der Waals surface area contributed by atoms with Crippen LogP contribution in [0.15, 0.2) is 0 Å². The van der Waals surface area contributed by atoms with E-state index in [1.54, 1.807) is 0 Å². The molecule has 10 heteroatoms. The van der Waals surface area contributed by atoms with Gasteiger partial charge in [-0.05, 0) is 0 Å². The molecule has 0 amide bonds. The molecule has 0 saturated heterocycles. The minimum absolute atomic E-state index is 0. The summed E-state index contributed by atoms with van der Waals surface area (Å²) >= 11 is 0. The maximum Gasteiger partial charge on any atom is 2.00 e. The molecule has 0 aromatic heterocycles. The molecule has 0 spiro atoms. The Morgan fingerprint density at radius 1 is 1.30 bits per heavy atom. The van der Waals surface area contributed by atoms with Crippen LogP contribution in [-0.4, -0.2) is 45.7 Å². The third-order valence-electron chi connectivity index (χ3n) is 0. The normalized spacial score (nSPS) is 8.20. The fourth-order valence-corrected chi connectivity index (χ4v) is 0. The van der Waals surface area contributed by atoms with Crippen molar-refractivity contribution in [3.63, 3.8) is 0 Å². The molecular formula is HMgNO7S. The fourth-order valence-electron chi connectivity index (χ4n) is 0. The number of rotatable bonds is 0. The van der Waals surface area contributed by atoms with Crippen molar-refractivity contribution < 1.29 is 22.6 Å². The molecule has 10 heavy (non-hydrogen) atoms. The van der Waals surface area contributed by atoms with Crippen molar-refractivity contribution in [2.24, 2.45) is 0 Å². The van der Waals surface area contributed by atoms with Gasteiger partial charge in [-0.3, -0.25) is 4.55 Å². The second kappa shape index (κ2) is 6.95. The molecule has 0 aromatic rings. The average Bonchev–Trinajstić information content (AvgIpc) is 1.19. The van der Waals surface area contributed by atoms with E-state index in [2.05, 4.69) is 0 Å². The van der Waals surface area contributed by atoms with Crippen LogP contribution in [-0.2, 0) is 10.4 Å². The van der Waals surface area contributed by atoms with E-state index in [1.165, 1.54) is 0 Å². The van der Waals surface area contributed by atoms with Gasteiger partial charge in [-0.15, -0.1) is 0 Å². The molecule has 0 heterocycles. The van der Waals surface area contributed by atoms with E-state index < -0.39 is 15.5 Å². The fraction of sp³-hybridized carbons (Fsp3) is 0. The summed E-state index contributed by atoms with van der Waals surface area (Å²) < 4.78 is 32.8. The van der Waals surface area contributed by atoms with Crippen molar-refractivity contribution in [2.45, 2.75) is 0 Å². The molecule has 0 bridgehead atoms. The zero-order valence-electron chi connectivity index (χ0n) is 4.46. The smallest absolute Gasteiger partial charge is 0.726 e. The molecule has 0 aromatic carbocycles. The van der Waals surface area contributed by atoms with Crippen LogP contribution in [0, 0.1) is 15.3 Å². The van der Waals surface area contributed by atoms with Crippen molar-refractivity contribution in [3.05, 3.63) is 15.3 Å². The summed E-state index contributed by atoms with van der Waals surface area (Å²) in [4.78, 5) is 8.25.